The van der Waals surface area contributed by atoms with E-state index in [2.05, 4.69) is 15.3 Å². The fraction of sp³-hybridized carbons (Fsp3) is 0.231. The Hall–Kier alpha value is -2.10. The minimum Gasteiger partial charge on any atom is -0.493 e. The van der Waals surface area contributed by atoms with Crippen LogP contribution in [0.15, 0.2) is 36.7 Å². The van der Waals surface area contributed by atoms with Crippen molar-refractivity contribution in [2.45, 2.75) is 6.92 Å². The zero-order valence-electron chi connectivity index (χ0n) is 9.97. The average molecular weight is 229 g/mol. The molecule has 2 aromatic rings. The molecule has 4 heteroatoms. The third-order valence-corrected chi connectivity index (χ3v) is 2.38. The van der Waals surface area contributed by atoms with Crippen LogP contribution < -0.4 is 10.1 Å². The number of hydrogen-bond donors (Lipinski definition) is 1. The zero-order chi connectivity index (χ0) is 12.1. The van der Waals surface area contributed by atoms with Crippen molar-refractivity contribution in [2.24, 2.45) is 0 Å². The molecule has 0 saturated heterocycles. The van der Waals surface area contributed by atoms with Crippen LogP contribution in [0.2, 0.25) is 0 Å². The maximum absolute atomic E-state index is 5.60. The first-order valence-corrected chi connectivity index (χ1v) is 5.57. The molecule has 0 radical (unpaired) electrons. The van der Waals surface area contributed by atoms with Gasteiger partial charge in [0.2, 0.25) is 0 Å². The lowest BCUT2D eigenvalue weighted by Gasteiger charge is -2.11. The van der Waals surface area contributed by atoms with E-state index in [1.807, 2.05) is 38.2 Å². The lowest BCUT2D eigenvalue weighted by atomic mass is 10.1. The number of benzene rings is 1. The van der Waals surface area contributed by atoms with Crippen molar-refractivity contribution >= 4 is 5.82 Å². The summed E-state index contributed by atoms with van der Waals surface area (Å²) in [6, 6.07) is 7.83. The number of anilines is 1. The van der Waals surface area contributed by atoms with Crippen molar-refractivity contribution in [1.29, 1.82) is 0 Å². The van der Waals surface area contributed by atoms with Gasteiger partial charge in [-0.05, 0) is 19.1 Å². The van der Waals surface area contributed by atoms with Crippen molar-refractivity contribution < 1.29 is 4.74 Å². The minimum atomic E-state index is 0.631. The monoisotopic (exact) mass is 229 g/mol. The molecule has 4 nitrogen and oxygen atoms in total. The molecule has 0 aliphatic carbocycles. The number of rotatable bonds is 4. The van der Waals surface area contributed by atoms with E-state index < -0.39 is 0 Å². The van der Waals surface area contributed by atoms with Crippen molar-refractivity contribution in [3.05, 3.63) is 36.7 Å². The third kappa shape index (κ3) is 2.36. The van der Waals surface area contributed by atoms with Gasteiger partial charge < -0.3 is 10.1 Å². The lowest BCUT2D eigenvalue weighted by molar-refractivity contribution is 0.341. The lowest BCUT2D eigenvalue weighted by Crippen LogP contribution is -2.00. The quantitative estimate of drug-likeness (QED) is 0.875. The molecule has 1 aromatic heterocycles. The highest BCUT2D eigenvalue weighted by atomic mass is 16.5. The van der Waals surface area contributed by atoms with E-state index in [4.69, 9.17) is 4.74 Å². The Kier molecular flexibility index (Phi) is 3.55. The second-order valence-electron chi connectivity index (χ2n) is 3.43. The van der Waals surface area contributed by atoms with Crippen LogP contribution in [0.1, 0.15) is 6.92 Å². The topological polar surface area (TPSA) is 47.0 Å². The van der Waals surface area contributed by atoms with Crippen LogP contribution in [0.3, 0.4) is 0 Å². The zero-order valence-corrected chi connectivity index (χ0v) is 9.97. The van der Waals surface area contributed by atoms with E-state index in [-0.39, 0.29) is 0 Å². The highest BCUT2D eigenvalue weighted by Gasteiger charge is 2.11. The number of para-hydroxylation sites is 1. The molecular weight excluding hydrogens is 214 g/mol. The summed E-state index contributed by atoms with van der Waals surface area (Å²) in [5.41, 5.74) is 1.76. The van der Waals surface area contributed by atoms with Gasteiger partial charge in [0.15, 0.2) is 5.82 Å². The fourth-order valence-electron chi connectivity index (χ4n) is 1.66. The highest BCUT2D eigenvalue weighted by molar-refractivity contribution is 5.75. The summed E-state index contributed by atoms with van der Waals surface area (Å²) in [6.07, 6.45) is 3.34. The molecule has 0 fully saturated rings. The first-order valence-electron chi connectivity index (χ1n) is 5.57. The molecule has 2 rings (SSSR count). The Morgan fingerprint density at radius 2 is 1.94 bits per heavy atom. The fourth-order valence-corrected chi connectivity index (χ4v) is 1.66. The van der Waals surface area contributed by atoms with E-state index in [1.54, 1.807) is 12.4 Å². The summed E-state index contributed by atoms with van der Waals surface area (Å²) < 4.78 is 5.60. The molecule has 17 heavy (non-hydrogen) atoms. The number of hydrogen-bond acceptors (Lipinski definition) is 4. The van der Waals surface area contributed by atoms with Gasteiger partial charge in [-0.15, -0.1) is 0 Å². The Morgan fingerprint density at radius 1 is 1.18 bits per heavy atom. The maximum Gasteiger partial charge on any atom is 0.152 e. The Labute approximate surface area is 101 Å². The molecule has 0 atom stereocenters. The van der Waals surface area contributed by atoms with Crippen molar-refractivity contribution in [3.63, 3.8) is 0 Å². The minimum absolute atomic E-state index is 0.631. The van der Waals surface area contributed by atoms with Gasteiger partial charge in [0, 0.05) is 25.0 Å². The van der Waals surface area contributed by atoms with Gasteiger partial charge >= 0.3 is 0 Å². The number of nitrogens with one attached hydrogen (secondary N) is 1. The average Bonchev–Trinajstić information content (AvgIpc) is 2.40. The summed E-state index contributed by atoms with van der Waals surface area (Å²) >= 11 is 0. The summed E-state index contributed by atoms with van der Waals surface area (Å²) in [4.78, 5) is 8.60. The summed E-state index contributed by atoms with van der Waals surface area (Å²) in [7, 11) is 1.83. The standard InChI is InChI=1S/C13H15N3O/c1-3-17-11-7-5-4-6-10(11)12-13(14-2)16-9-8-15-12/h4-9H,3H2,1-2H3,(H,14,16). The van der Waals surface area contributed by atoms with Gasteiger partial charge in [0.05, 0.1) is 6.61 Å². The second-order valence-corrected chi connectivity index (χ2v) is 3.43. The van der Waals surface area contributed by atoms with E-state index in [9.17, 15) is 0 Å². The smallest absolute Gasteiger partial charge is 0.152 e. The SMILES string of the molecule is CCOc1ccccc1-c1nccnc1NC. The van der Waals surface area contributed by atoms with Crippen LogP contribution in [0.5, 0.6) is 5.75 Å². The predicted molar refractivity (Wildman–Crippen MR) is 68.2 cm³/mol. The van der Waals surface area contributed by atoms with Gasteiger partial charge in [0.1, 0.15) is 11.4 Å². The molecule has 0 bridgehead atoms. The van der Waals surface area contributed by atoms with Gasteiger partial charge in [-0.2, -0.15) is 0 Å². The van der Waals surface area contributed by atoms with Crippen LogP contribution in [-0.2, 0) is 0 Å². The van der Waals surface area contributed by atoms with Crippen LogP contribution in [0, 0.1) is 0 Å². The second kappa shape index (κ2) is 5.30. The number of nitrogens with zero attached hydrogens (tertiary/aromatic N) is 2. The van der Waals surface area contributed by atoms with Gasteiger partial charge in [-0.1, -0.05) is 12.1 Å². The molecule has 0 unspecified atom stereocenters. The normalized spacial score (nSPS) is 10.0. The molecule has 0 aliphatic rings. The van der Waals surface area contributed by atoms with Crippen LogP contribution in [-0.4, -0.2) is 23.6 Å². The first kappa shape index (κ1) is 11.4. The molecule has 0 aliphatic heterocycles. The van der Waals surface area contributed by atoms with Gasteiger partial charge in [0.25, 0.3) is 0 Å². The van der Waals surface area contributed by atoms with Crippen LogP contribution >= 0.6 is 0 Å². The Morgan fingerprint density at radius 3 is 2.71 bits per heavy atom. The van der Waals surface area contributed by atoms with Crippen molar-refractivity contribution in [2.75, 3.05) is 19.0 Å². The Balaban J connectivity index is 2.52. The highest BCUT2D eigenvalue weighted by Crippen LogP contribution is 2.31. The van der Waals surface area contributed by atoms with E-state index >= 15 is 0 Å². The number of aromatic nitrogens is 2. The summed E-state index contributed by atoms with van der Waals surface area (Å²) in [5.74, 6) is 1.58. The summed E-state index contributed by atoms with van der Waals surface area (Å²) in [6.45, 7) is 2.60. The molecule has 0 spiro atoms. The van der Waals surface area contributed by atoms with Crippen molar-refractivity contribution in [3.8, 4) is 17.0 Å². The molecule has 0 amide bonds. The van der Waals surface area contributed by atoms with Crippen molar-refractivity contribution in [1.82, 2.24) is 9.97 Å². The van der Waals surface area contributed by atoms with Gasteiger partial charge in [-0.25, -0.2) is 4.98 Å². The molecule has 1 aromatic carbocycles. The van der Waals surface area contributed by atoms with E-state index in [1.165, 1.54) is 0 Å². The van der Waals surface area contributed by atoms with Crippen LogP contribution in [0.4, 0.5) is 5.82 Å². The van der Waals surface area contributed by atoms with E-state index in [0.29, 0.717) is 6.61 Å². The molecule has 1 N–H and O–H groups in total. The van der Waals surface area contributed by atoms with Crippen LogP contribution in [0.25, 0.3) is 11.3 Å². The molecule has 0 saturated carbocycles. The maximum atomic E-state index is 5.60. The first-order chi connectivity index (χ1) is 8.36. The largest absolute Gasteiger partial charge is 0.493 e. The molecule has 1 heterocycles. The molecule has 88 valence electrons. The molecular formula is C13H15N3O. The van der Waals surface area contributed by atoms with Gasteiger partial charge in [-0.3, -0.25) is 4.98 Å². The van der Waals surface area contributed by atoms with E-state index in [0.717, 1.165) is 22.8 Å². The summed E-state index contributed by atoms with van der Waals surface area (Å²) in [5, 5.41) is 3.03. The third-order valence-electron chi connectivity index (χ3n) is 2.38. The Bertz CT molecular complexity index is 500. The number of ether oxygens (including phenoxy) is 1. The predicted octanol–water partition coefficient (Wildman–Crippen LogP) is 2.58.